The first-order chi connectivity index (χ1) is 10.1. The first kappa shape index (κ1) is 16.3. The van der Waals surface area contributed by atoms with E-state index in [1.165, 1.54) is 12.0 Å². The van der Waals surface area contributed by atoms with Crippen molar-refractivity contribution in [1.29, 1.82) is 0 Å². The summed E-state index contributed by atoms with van der Waals surface area (Å²) in [6.45, 7) is 3.32. The summed E-state index contributed by atoms with van der Waals surface area (Å²) in [5.74, 6) is -0.280. The van der Waals surface area contributed by atoms with E-state index < -0.39 is 5.54 Å². The summed E-state index contributed by atoms with van der Waals surface area (Å²) in [6.07, 6.45) is 4.34. The van der Waals surface area contributed by atoms with Gasteiger partial charge in [0, 0.05) is 18.0 Å². The van der Waals surface area contributed by atoms with Crippen LogP contribution in [0.25, 0.3) is 0 Å². The molecular formula is C16H23NO3S. The Morgan fingerprint density at radius 3 is 2.71 bits per heavy atom. The molecule has 0 bridgehead atoms. The molecule has 2 rings (SSSR count). The van der Waals surface area contributed by atoms with Crippen molar-refractivity contribution in [3.63, 3.8) is 0 Å². The zero-order chi connectivity index (χ0) is 15.3. The molecule has 1 fully saturated rings. The predicted octanol–water partition coefficient (Wildman–Crippen LogP) is 2.57. The van der Waals surface area contributed by atoms with E-state index in [4.69, 9.17) is 9.47 Å². The van der Waals surface area contributed by atoms with Crippen molar-refractivity contribution in [3.8, 4) is 0 Å². The van der Waals surface area contributed by atoms with Crippen molar-refractivity contribution in [2.24, 2.45) is 0 Å². The Morgan fingerprint density at radius 1 is 1.48 bits per heavy atom. The lowest BCUT2D eigenvalue weighted by Crippen LogP contribution is -2.49. The minimum Gasteiger partial charge on any atom is -0.467 e. The highest BCUT2D eigenvalue weighted by Crippen LogP contribution is 2.26. The molecule has 1 aliphatic heterocycles. The summed E-state index contributed by atoms with van der Waals surface area (Å²) in [5.41, 5.74) is 0.0580. The zero-order valence-corrected chi connectivity index (χ0v) is 13.7. The smallest absolute Gasteiger partial charge is 0.330 e. The van der Waals surface area contributed by atoms with E-state index in [1.807, 2.05) is 37.4 Å². The molecule has 1 N–H and O–H groups in total. The Hall–Kier alpha value is -1.04. The lowest BCUT2D eigenvalue weighted by atomic mass is 9.91. The molecule has 0 saturated carbocycles. The van der Waals surface area contributed by atoms with Gasteiger partial charge in [0.25, 0.3) is 0 Å². The van der Waals surface area contributed by atoms with Gasteiger partial charge in [-0.3, -0.25) is 5.32 Å². The Kier molecular flexibility index (Phi) is 5.67. The van der Waals surface area contributed by atoms with Gasteiger partial charge in [0.1, 0.15) is 5.54 Å². The van der Waals surface area contributed by atoms with Gasteiger partial charge >= 0.3 is 5.97 Å². The zero-order valence-electron chi connectivity index (χ0n) is 12.8. The number of nitrogens with one attached hydrogen (secondary N) is 1. The van der Waals surface area contributed by atoms with Crippen LogP contribution in [0, 0.1) is 0 Å². The molecule has 2 atom stereocenters. The van der Waals surface area contributed by atoms with Gasteiger partial charge in [-0.05, 0) is 43.7 Å². The maximum Gasteiger partial charge on any atom is 0.330 e. The fourth-order valence-corrected chi connectivity index (χ4v) is 2.95. The Balaban J connectivity index is 2.16. The van der Waals surface area contributed by atoms with Crippen LogP contribution in [-0.2, 0) is 19.8 Å². The molecule has 4 nitrogen and oxygen atoms in total. The molecule has 0 amide bonds. The average molecular weight is 309 g/mol. The van der Waals surface area contributed by atoms with Crippen LogP contribution in [0.2, 0.25) is 0 Å². The number of benzene rings is 1. The third kappa shape index (κ3) is 3.78. The Labute approximate surface area is 130 Å². The number of hydrogen-bond donors (Lipinski definition) is 1. The second-order valence-corrected chi connectivity index (χ2v) is 6.24. The number of hydrogen-bond acceptors (Lipinski definition) is 5. The van der Waals surface area contributed by atoms with Crippen molar-refractivity contribution in [1.82, 2.24) is 5.32 Å². The number of rotatable bonds is 6. The molecule has 0 aromatic heterocycles. The van der Waals surface area contributed by atoms with Crippen molar-refractivity contribution >= 4 is 17.7 Å². The standard InChI is InChI=1S/C16H23NO3S/c1-16(15(18)19-2,17-11-13-5-4-10-20-13)12-6-8-14(21-3)9-7-12/h6-9,13,17H,4-5,10-11H2,1-3H3. The third-order valence-corrected chi connectivity index (χ3v) is 4.71. The van der Waals surface area contributed by atoms with Gasteiger partial charge in [-0.1, -0.05) is 12.1 Å². The van der Waals surface area contributed by atoms with Crippen molar-refractivity contribution < 1.29 is 14.3 Å². The normalized spacial score (nSPS) is 21.0. The Bertz CT molecular complexity index is 471. The summed E-state index contributed by atoms with van der Waals surface area (Å²) in [4.78, 5) is 13.4. The number of carbonyl (C=O) groups is 1. The Morgan fingerprint density at radius 2 is 2.19 bits per heavy atom. The van der Waals surface area contributed by atoms with Gasteiger partial charge in [0.15, 0.2) is 0 Å². The fourth-order valence-electron chi connectivity index (χ4n) is 2.54. The molecule has 1 aromatic rings. The van der Waals surface area contributed by atoms with Crippen LogP contribution in [0.4, 0.5) is 0 Å². The maximum absolute atomic E-state index is 12.3. The van der Waals surface area contributed by atoms with Crippen molar-refractivity contribution in [3.05, 3.63) is 29.8 Å². The molecule has 5 heteroatoms. The van der Waals surface area contributed by atoms with E-state index >= 15 is 0 Å². The van der Waals surface area contributed by atoms with Crippen molar-refractivity contribution in [2.75, 3.05) is 26.5 Å². The molecule has 0 radical (unpaired) electrons. The summed E-state index contributed by atoms with van der Waals surface area (Å²) in [5, 5.41) is 3.34. The van der Waals surface area contributed by atoms with Gasteiger partial charge in [-0.15, -0.1) is 11.8 Å². The highest BCUT2D eigenvalue weighted by Gasteiger charge is 2.36. The molecule has 1 aromatic carbocycles. The molecule has 0 spiro atoms. The summed E-state index contributed by atoms with van der Waals surface area (Å²) in [6, 6.07) is 8.00. The van der Waals surface area contributed by atoms with Crippen LogP contribution < -0.4 is 5.32 Å². The second-order valence-electron chi connectivity index (χ2n) is 5.36. The number of esters is 1. The van der Waals surface area contributed by atoms with Gasteiger partial charge in [-0.25, -0.2) is 4.79 Å². The van der Waals surface area contributed by atoms with E-state index in [9.17, 15) is 4.79 Å². The average Bonchev–Trinajstić information content (AvgIpc) is 3.05. The quantitative estimate of drug-likeness (QED) is 0.646. The maximum atomic E-state index is 12.3. The van der Waals surface area contributed by atoms with Crippen LogP contribution >= 0.6 is 11.8 Å². The lowest BCUT2D eigenvalue weighted by molar-refractivity contribution is -0.148. The number of carbonyl (C=O) groups excluding carboxylic acids is 1. The van der Waals surface area contributed by atoms with E-state index in [0.29, 0.717) is 6.54 Å². The minimum absolute atomic E-state index is 0.180. The summed E-state index contributed by atoms with van der Waals surface area (Å²) < 4.78 is 10.6. The monoisotopic (exact) mass is 309 g/mol. The van der Waals surface area contributed by atoms with Gasteiger partial charge in [0.05, 0.1) is 13.2 Å². The molecule has 21 heavy (non-hydrogen) atoms. The first-order valence-corrected chi connectivity index (χ1v) is 8.42. The third-order valence-electron chi connectivity index (χ3n) is 3.97. The minimum atomic E-state index is -0.850. The fraction of sp³-hybridized carbons (Fsp3) is 0.562. The topological polar surface area (TPSA) is 47.6 Å². The largest absolute Gasteiger partial charge is 0.467 e. The van der Waals surface area contributed by atoms with Crippen LogP contribution in [-0.4, -0.2) is 38.6 Å². The van der Waals surface area contributed by atoms with E-state index in [-0.39, 0.29) is 12.1 Å². The summed E-state index contributed by atoms with van der Waals surface area (Å²) >= 11 is 1.68. The summed E-state index contributed by atoms with van der Waals surface area (Å²) in [7, 11) is 1.42. The van der Waals surface area contributed by atoms with Crippen LogP contribution in [0.5, 0.6) is 0 Å². The van der Waals surface area contributed by atoms with Gasteiger partial charge in [-0.2, -0.15) is 0 Å². The molecule has 1 saturated heterocycles. The van der Waals surface area contributed by atoms with E-state index in [2.05, 4.69) is 5.32 Å². The van der Waals surface area contributed by atoms with Gasteiger partial charge in [0.2, 0.25) is 0 Å². The van der Waals surface area contributed by atoms with E-state index in [1.54, 1.807) is 11.8 Å². The molecule has 2 unspecified atom stereocenters. The highest BCUT2D eigenvalue weighted by molar-refractivity contribution is 7.98. The van der Waals surface area contributed by atoms with Gasteiger partial charge < -0.3 is 9.47 Å². The van der Waals surface area contributed by atoms with E-state index in [0.717, 1.165) is 25.0 Å². The van der Waals surface area contributed by atoms with Crippen LogP contribution in [0.15, 0.2) is 29.2 Å². The number of ether oxygens (including phenoxy) is 2. The number of thioether (sulfide) groups is 1. The lowest BCUT2D eigenvalue weighted by Gasteiger charge is -2.30. The molecule has 0 aliphatic carbocycles. The predicted molar refractivity (Wildman–Crippen MR) is 84.6 cm³/mol. The molecule has 1 heterocycles. The highest BCUT2D eigenvalue weighted by atomic mass is 32.2. The van der Waals surface area contributed by atoms with Crippen molar-refractivity contribution in [2.45, 2.75) is 36.3 Å². The number of methoxy groups -OCH3 is 1. The molecule has 116 valence electrons. The first-order valence-electron chi connectivity index (χ1n) is 7.19. The molecule has 1 aliphatic rings. The van der Waals surface area contributed by atoms with Crippen LogP contribution in [0.3, 0.4) is 0 Å². The molecular weight excluding hydrogens is 286 g/mol. The second kappa shape index (κ2) is 7.29. The van der Waals surface area contributed by atoms with Crippen LogP contribution in [0.1, 0.15) is 25.3 Å². The SMILES string of the molecule is COC(=O)C(C)(NCC1CCCO1)c1ccc(SC)cc1.